The van der Waals surface area contributed by atoms with Crippen LogP contribution >= 0.6 is 0 Å². The highest BCUT2D eigenvalue weighted by Crippen LogP contribution is 2.23. The van der Waals surface area contributed by atoms with Crippen LogP contribution in [-0.2, 0) is 16.6 Å². The molecule has 2 aromatic rings. The zero-order chi connectivity index (χ0) is 15.6. The number of rotatable bonds is 5. The van der Waals surface area contributed by atoms with Crippen LogP contribution in [0.4, 0.5) is 0 Å². The average molecular weight is 310 g/mol. The fourth-order valence-corrected chi connectivity index (χ4v) is 3.46. The quantitative estimate of drug-likeness (QED) is 0.742. The van der Waals surface area contributed by atoms with Gasteiger partial charge in [0.05, 0.1) is 12.2 Å². The number of aromatic carboxylic acids is 1. The smallest absolute Gasteiger partial charge is 0.352 e. The van der Waals surface area contributed by atoms with Gasteiger partial charge in [0.1, 0.15) is 10.6 Å². The summed E-state index contributed by atoms with van der Waals surface area (Å²) in [7, 11) is -3.84. The van der Waals surface area contributed by atoms with E-state index in [2.05, 4.69) is 19.9 Å². The summed E-state index contributed by atoms with van der Waals surface area (Å²) in [6.07, 6.45) is 1.48. The van der Waals surface area contributed by atoms with Crippen molar-refractivity contribution < 1.29 is 18.3 Å². The maximum absolute atomic E-state index is 12.3. The third-order valence-corrected chi connectivity index (χ3v) is 4.60. The molecule has 0 saturated carbocycles. The maximum Gasteiger partial charge on any atom is 0.352 e. The SMILES string of the molecule is Cc1[nH]c(C(=O)O)c(C)c1S(=O)(=O)NCc1cccnn1. The lowest BCUT2D eigenvalue weighted by Gasteiger charge is -2.07. The number of hydrogen-bond acceptors (Lipinski definition) is 5. The van der Waals surface area contributed by atoms with Gasteiger partial charge in [-0.05, 0) is 26.0 Å². The van der Waals surface area contributed by atoms with Crippen LogP contribution in [0.1, 0.15) is 27.4 Å². The molecule has 0 saturated heterocycles. The molecule has 9 heteroatoms. The zero-order valence-electron chi connectivity index (χ0n) is 11.4. The summed E-state index contributed by atoms with van der Waals surface area (Å²) in [5, 5.41) is 16.4. The Morgan fingerprint density at radius 1 is 1.43 bits per heavy atom. The van der Waals surface area contributed by atoms with Gasteiger partial charge >= 0.3 is 5.97 Å². The number of H-pyrrole nitrogens is 1. The third-order valence-electron chi connectivity index (χ3n) is 2.92. The van der Waals surface area contributed by atoms with Crippen molar-refractivity contribution in [3.8, 4) is 0 Å². The van der Waals surface area contributed by atoms with Gasteiger partial charge in [0.15, 0.2) is 0 Å². The second-order valence-electron chi connectivity index (χ2n) is 4.42. The first kappa shape index (κ1) is 15.1. The first-order valence-electron chi connectivity index (χ1n) is 6.01. The molecular formula is C12H14N4O4S. The summed E-state index contributed by atoms with van der Waals surface area (Å²) in [5.74, 6) is -1.20. The lowest BCUT2D eigenvalue weighted by atomic mass is 10.2. The first-order valence-corrected chi connectivity index (χ1v) is 7.50. The molecule has 2 aromatic heterocycles. The van der Waals surface area contributed by atoms with Crippen molar-refractivity contribution >= 4 is 16.0 Å². The summed E-state index contributed by atoms with van der Waals surface area (Å²) < 4.78 is 27.0. The minimum absolute atomic E-state index is 0.0252. The second kappa shape index (κ2) is 5.62. The zero-order valence-corrected chi connectivity index (χ0v) is 12.2. The number of aromatic nitrogens is 3. The van der Waals surface area contributed by atoms with Crippen molar-refractivity contribution in [1.82, 2.24) is 19.9 Å². The van der Waals surface area contributed by atoms with Crippen LogP contribution in [0.15, 0.2) is 23.2 Å². The van der Waals surface area contributed by atoms with Gasteiger partial charge in [-0.25, -0.2) is 17.9 Å². The molecule has 0 radical (unpaired) electrons. The van der Waals surface area contributed by atoms with Crippen LogP contribution in [0.3, 0.4) is 0 Å². The summed E-state index contributed by atoms with van der Waals surface area (Å²) in [6.45, 7) is 2.93. The van der Waals surface area contributed by atoms with E-state index >= 15 is 0 Å². The molecule has 0 aliphatic rings. The lowest BCUT2D eigenvalue weighted by Crippen LogP contribution is -2.24. The van der Waals surface area contributed by atoms with Gasteiger partial charge in [0, 0.05) is 17.5 Å². The number of hydrogen-bond donors (Lipinski definition) is 3. The first-order chi connectivity index (χ1) is 9.83. The molecule has 0 spiro atoms. The Morgan fingerprint density at radius 2 is 2.14 bits per heavy atom. The number of nitrogens with one attached hydrogen (secondary N) is 2. The molecule has 0 aromatic carbocycles. The van der Waals surface area contributed by atoms with E-state index in [9.17, 15) is 13.2 Å². The number of sulfonamides is 1. The highest BCUT2D eigenvalue weighted by molar-refractivity contribution is 7.89. The van der Waals surface area contributed by atoms with E-state index in [-0.39, 0.29) is 28.4 Å². The molecule has 0 fully saturated rings. The molecule has 0 aliphatic heterocycles. The van der Waals surface area contributed by atoms with E-state index in [1.165, 1.54) is 20.0 Å². The molecule has 21 heavy (non-hydrogen) atoms. The van der Waals surface area contributed by atoms with Gasteiger partial charge in [0.25, 0.3) is 0 Å². The molecule has 0 atom stereocenters. The lowest BCUT2D eigenvalue weighted by molar-refractivity contribution is 0.0690. The van der Waals surface area contributed by atoms with Gasteiger partial charge in [-0.2, -0.15) is 10.2 Å². The molecule has 3 N–H and O–H groups in total. The summed E-state index contributed by atoms with van der Waals surface area (Å²) in [6, 6.07) is 3.28. The van der Waals surface area contributed by atoms with Crippen molar-refractivity contribution in [2.75, 3.05) is 0 Å². The topological polar surface area (TPSA) is 125 Å². The van der Waals surface area contributed by atoms with Crippen LogP contribution in [0.5, 0.6) is 0 Å². The molecule has 0 amide bonds. The van der Waals surface area contributed by atoms with Gasteiger partial charge in [-0.15, -0.1) is 0 Å². The van der Waals surface area contributed by atoms with Crippen LogP contribution in [0.2, 0.25) is 0 Å². The molecule has 0 unspecified atom stereocenters. The number of nitrogens with zero attached hydrogens (tertiary/aromatic N) is 2. The number of carboxylic acid groups (broad SMARTS) is 1. The van der Waals surface area contributed by atoms with Gasteiger partial charge in [-0.3, -0.25) is 0 Å². The molecule has 2 rings (SSSR count). The standard InChI is InChI=1S/C12H14N4O4S/c1-7-10(12(17)18)15-8(2)11(7)21(19,20)14-6-9-4-3-5-13-16-9/h3-5,14-15H,6H2,1-2H3,(H,17,18). The predicted octanol–water partition coefficient (Wildman–Crippen LogP) is 0.598. The monoisotopic (exact) mass is 310 g/mol. The molecular weight excluding hydrogens is 296 g/mol. The number of aromatic amines is 1. The van der Waals surface area contributed by atoms with Crippen LogP contribution in [0.25, 0.3) is 0 Å². The van der Waals surface area contributed by atoms with E-state index in [1.54, 1.807) is 12.1 Å². The van der Waals surface area contributed by atoms with Crippen LogP contribution in [0, 0.1) is 13.8 Å². The van der Waals surface area contributed by atoms with E-state index in [0.29, 0.717) is 5.69 Å². The Labute approximate surface area is 121 Å². The minimum Gasteiger partial charge on any atom is -0.477 e. The second-order valence-corrected chi connectivity index (χ2v) is 6.13. The van der Waals surface area contributed by atoms with Crippen LogP contribution in [-0.4, -0.2) is 34.7 Å². The summed E-state index contributed by atoms with van der Waals surface area (Å²) in [5.41, 5.74) is 0.779. The highest BCUT2D eigenvalue weighted by atomic mass is 32.2. The normalized spacial score (nSPS) is 11.5. The Hall–Kier alpha value is -2.26. The fraction of sp³-hybridized carbons (Fsp3) is 0.250. The predicted molar refractivity (Wildman–Crippen MR) is 73.3 cm³/mol. The summed E-state index contributed by atoms with van der Waals surface area (Å²) >= 11 is 0. The van der Waals surface area contributed by atoms with Crippen molar-refractivity contribution in [3.05, 3.63) is 41.0 Å². The van der Waals surface area contributed by atoms with Gasteiger partial charge < -0.3 is 10.1 Å². The van der Waals surface area contributed by atoms with Crippen LogP contribution < -0.4 is 4.72 Å². The molecule has 8 nitrogen and oxygen atoms in total. The van der Waals surface area contributed by atoms with Gasteiger partial charge in [0.2, 0.25) is 10.0 Å². The average Bonchev–Trinajstić information content (AvgIpc) is 2.74. The van der Waals surface area contributed by atoms with E-state index in [0.717, 1.165) is 0 Å². The van der Waals surface area contributed by atoms with E-state index in [1.807, 2.05) is 0 Å². The largest absolute Gasteiger partial charge is 0.477 e. The Balaban J connectivity index is 2.30. The van der Waals surface area contributed by atoms with E-state index in [4.69, 9.17) is 5.11 Å². The third kappa shape index (κ3) is 3.09. The van der Waals surface area contributed by atoms with Gasteiger partial charge in [-0.1, -0.05) is 0 Å². The van der Waals surface area contributed by atoms with E-state index < -0.39 is 16.0 Å². The number of carboxylic acids is 1. The molecule has 0 bridgehead atoms. The Kier molecular flexibility index (Phi) is 4.05. The minimum atomic E-state index is -3.84. The maximum atomic E-state index is 12.3. The fourth-order valence-electron chi connectivity index (χ4n) is 2.02. The number of carbonyl (C=O) groups is 1. The Morgan fingerprint density at radius 3 is 2.67 bits per heavy atom. The van der Waals surface area contributed by atoms with Crippen molar-refractivity contribution in [2.45, 2.75) is 25.3 Å². The van der Waals surface area contributed by atoms with Crippen molar-refractivity contribution in [1.29, 1.82) is 0 Å². The highest BCUT2D eigenvalue weighted by Gasteiger charge is 2.26. The Bertz CT molecular complexity index is 768. The van der Waals surface area contributed by atoms with Crippen molar-refractivity contribution in [2.24, 2.45) is 0 Å². The molecule has 112 valence electrons. The summed E-state index contributed by atoms with van der Waals surface area (Å²) in [4.78, 5) is 13.5. The van der Waals surface area contributed by atoms with Crippen molar-refractivity contribution in [3.63, 3.8) is 0 Å². The number of aryl methyl sites for hydroxylation is 1. The molecule has 2 heterocycles. The molecule has 0 aliphatic carbocycles.